The fraction of sp³-hybridized carbons (Fsp3) is 0.667. The van der Waals surface area contributed by atoms with Gasteiger partial charge in [-0.3, -0.25) is 0 Å². The number of hydrogen-bond donors (Lipinski definition) is 3. The van der Waals surface area contributed by atoms with Crippen molar-refractivity contribution in [3.05, 3.63) is 10.7 Å². The summed E-state index contributed by atoms with van der Waals surface area (Å²) in [4.78, 5) is 8.55. The molecule has 0 saturated heterocycles. The van der Waals surface area contributed by atoms with Crippen molar-refractivity contribution in [1.82, 2.24) is 9.97 Å². The zero-order chi connectivity index (χ0) is 13.0. The minimum absolute atomic E-state index is 0.175. The van der Waals surface area contributed by atoms with Gasteiger partial charge in [-0.2, -0.15) is 4.98 Å². The summed E-state index contributed by atoms with van der Waals surface area (Å²) in [7, 11) is 0. The van der Waals surface area contributed by atoms with Crippen molar-refractivity contribution in [2.45, 2.75) is 32.3 Å². The monoisotopic (exact) mass is 314 g/mol. The molecule has 6 heteroatoms. The van der Waals surface area contributed by atoms with E-state index in [2.05, 4.69) is 36.5 Å². The summed E-state index contributed by atoms with van der Waals surface area (Å²) in [6.45, 7) is 3.55. The molecule has 2 unspecified atom stereocenters. The highest BCUT2D eigenvalue weighted by Crippen LogP contribution is 2.27. The number of aliphatic hydroxyl groups excluding tert-OH is 1. The van der Waals surface area contributed by atoms with Crippen molar-refractivity contribution in [1.29, 1.82) is 0 Å². The van der Waals surface area contributed by atoms with E-state index in [1.165, 1.54) is 0 Å². The lowest BCUT2D eigenvalue weighted by atomic mass is 10.1. The Morgan fingerprint density at radius 2 is 2.28 bits per heavy atom. The molecule has 0 spiro atoms. The molecule has 18 heavy (non-hydrogen) atoms. The molecule has 0 aliphatic heterocycles. The summed E-state index contributed by atoms with van der Waals surface area (Å²) in [6.07, 6.45) is 4.67. The van der Waals surface area contributed by atoms with Crippen molar-refractivity contribution in [3.63, 3.8) is 0 Å². The molecule has 1 heterocycles. The van der Waals surface area contributed by atoms with E-state index in [4.69, 9.17) is 0 Å². The Kier molecular flexibility index (Phi) is 4.77. The minimum atomic E-state index is -0.175. The van der Waals surface area contributed by atoms with Gasteiger partial charge in [0, 0.05) is 25.2 Å². The topological polar surface area (TPSA) is 70.1 Å². The second-order valence-electron chi connectivity index (χ2n) is 4.56. The molecule has 1 aliphatic rings. The largest absolute Gasteiger partial charge is 0.393 e. The van der Waals surface area contributed by atoms with Gasteiger partial charge in [0.05, 0.1) is 10.6 Å². The highest BCUT2D eigenvalue weighted by Gasteiger charge is 2.25. The highest BCUT2D eigenvalue weighted by atomic mass is 79.9. The average Bonchev–Trinajstić information content (AvgIpc) is 2.76. The Morgan fingerprint density at radius 1 is 1.44 bits per heavy atom. The van der Waals surface area contributed by atoms with E-state index < -0.39 is 0 Å². The molecule has 2 rings (SSSR count). The van der Waals surface area contributed by atoms with Crippen LogP contribution in [0.5, 0.6) is 0 Å². The summed E-state index contributed by atoms with van der Waals surface area (Å²) < 4.78 is 0.844. The molecule has 1 aliphatic carbocycles. The third-order valence-electron chi connectivity index (χ3n) is 3.23. The van der Waals surface area contributed by atoms with Gasteiger partial charge < -0.3 is 15.7 Å². The molecule has 1 aromatic heterocycles. The first-order valence-electron chi connectivity index (χ1n) is 6.39. The molecular formula is C12H19BrN4O. The van der Waals surface area contributed by atoms with Crippen LogP contribution in [-0.4, -0.2) is 34.3 Å². The summed E-state index contributed by atoms with van der Waals surface area (Å²) in [5.74, 6) is 1.73. The number of aliphatic hydroxyl groups is 1. The molecule has 0 amide bonds. The Balaban J connectivity index is 1.97. The molecule has 0 aromatic carbocycles. The van der Waals surface area contributed by atoms with E-state index in [1.54, 1.807) is 6.20 Å². The van der Waals surface area contributed by atoms with Gasteiger partial charge in [0.1, 0.15) is 5.82 Å². The van der Waals surface area contributed by atoms with Gasteiger partial charge in [-0.05, 0) is 35.7 Å². The zero-order valence-electron chi connectivity index (χ0n) is 10.5. The maximum Gasteiger partial charge on any atom is 0.224 e. The molecule has 0 radical (unpaired) electrons. The summed E-state index contributed by atoms with van der Waals surface area (Å²) >= 11 is 3.43. The maximum absolute atomic E-state index is 9.78. The number of nitrogens with zero attached hydrogens (tertiary/aromatic N) is 2. The van der Waals surface area contributed by atoms with Gasteiger partial charge in [-0.25, -0.2) is 4.98 Å². The zero-order valence-corrected chi connectivity index (χ0v) is 12.1. The van der Waals surface area contributed by atoms with Crippen LogP contribution in [0.3, 0.4) is 0 Å². The van der Waals surface area contributed by atoms with Crippen LogP contribution >= 0.6 is 15.9 Å². The minimum Gasteiger partial charge on any atom is -0.393 e. The SMILES string of the molecule is CCNc1ncc(Br)c(NCC2CCCC2O)n1. The number of rotatable bonds is 5. The Labute approximate surface area is 116 Å². The van der Waals surface area contributed by atoms with Crippen LogP contribution in [0.1, 0.15) is 26.2 Å². The van der Waals surface area contributed by atoms with Crippen molar-refractivity contribution >= 4 is 27.7 Å². The molecule has 1 saturated carbocycles. The van der Waals surface area contributed by atoms with Crippen molar-refractivity contribution < 1.29 is 5.11 Å². The number of aromatic nitrogens is 2. The average molecular weight is 315 g/mol. The first-order valence-corrected chi connectivity index (χ1v) is 7.18. The fourth-order valence-corrected chi connectivity index (χ4v) is 2.55. The lowest BCUT2D eigenvalue weighted by Gasteiger charge is -2.16. The third-order valence-corrected chi connectivity index (χ3v) is 3.81. The predicted octanol–water partition coefficient (Wildman–Crippen LogP) is 2.24. The first-order chi connectivity index (χ1) is 8.70. The van der Waals surface area contributed by atoms with Crippen molar-refractivity contribution in [2.75, 3.05) is 23.7 Å². The predicted molar refractivity (Wildman–Crippen MR) is 75.7 cm³/mol. The molecule has 1 fully saturated rings. The van der Waals surface area contributed by atoms with Gasteiger partial charge >= 0.3 is 0 Å². The van der Waals surface area contributed by atoms with Crippen LogP contribution in [0.4, 0.5) is 11.8 Å². The highest BCUT2D eigenvalue weighted by molar-refractivity contribution is 9.10. The van der Waals surface area contributed by atoms with Crippen LogP contribution in [0.25, 0.3) is 0 Å². The van der Waals surface area contributed by atoms with Gasteiger partial charge in [-0.15, -0.1) is 0 Å². The molecule has 0 bridgehead atoms. The maximum atomic E-state index is 9.78. The number of hydrogen-bond acceptors (Lipinski definition) is 5. The van der Waals surface area contributed by atoms with E-state index >= 15 is 0 Å². The fourth-order valence-electron chi connectivity index (χ4n) is 2.22. The second-order valence-corrected chi connectivity index (χ2v) is 5.41. The normalized spacial score (nSPS) is 23.1. The molecule has 3 N–H and O–H groups in total. The smallest absolute Gasteiger partial charge is 0.224 e. The molecule has 2 atom stereocenters. The number of nitrogens with one attached hydrogen (secondary N) is 2. The molecule has 1 aromatic rings. The van der Waals surface area contributed by atoms with Crippen LogP contribution in [0, 0.1) is 5.92 Å². The van der Waals surface area contributed by atoms with Crippen LogP contribution < -0.4 is 10.6 Å². The van der Waals surface area contributed by atoms with Crippen molar-refractivity contribution in [3.8, 4) is 0 Å². The van der Waals surface area contributed by atoms with Crippen LogP contribution in [-0.2, 0) is 0 Å². The van der Waals surface area contributed by atoms with Gasteiger partial charge in [0.15, 0.2) is 0 Å². The lowest BCUT2D eigenvalue weighted by Crippen LogP contribution is -2.22. The van der Waals surface area contributed by atoms with Crippen LogP contribution in [0.15, 0.2) is 10.7 Å². The van der Waals surface area contributed by atoms with Gasteiger partial charge in [0.25, 0.3) is 0 Å². The van der Waals surface area contributed by atoms with E-state index in [-0.39, 0.29) is 6.10 Å². The lowest BCUT2D eigenvalue weighted by molar-refractivity contribution is 0.138. The Morgan fingerprint density at radius 3 is 2.94 bits per heavy atom. The van der Waals surface area contributed by atoms with Crippen LogP contribution in [0.2, 0.25) is 0 Å². The van der Waals surface area contributed by atoms with Gasteiger partial charge in [0.2, 0.25) is 5.95 Å². The van der Waals surface area contributed by atoms with Gasteiger partial charge in [-0.1, -0.05) is 6.42 Å². The standard InChI is InChI=1S/C12H19BrN4O/c1-2-14-12-16-7-9(13)11(17-12)15-6-8-4-3-5-10(8)18/h7-8,10,18H,2-6H2,1H3,(H2,14,15,16,17). The number of anilines is 2. The number of halogens is 1. The quantitative estimate of drug-likeness (QED) is 0.777. The molecular weight excluding hydrogens is 296 g/mol. The first kappa shape index (κ1) is 13.5. The summed E-state index contributed by atoms with van der Waals surface area (Å²) in [5.41, 5.74) is 0. The van der Waals surface area contributed by atoms with E-state index in [1.807, 2.05) is 6.92 Å². The summed E-state index contributed by atoms with van der Waals surface area (Å²) in [6, 6.07) is 0. The third kappa shape index (κ3) is 3.32. The van der Waals surface area contributed by atoms with E-state index in [9.17, 15) is 5.11 Å². The summed E-state index contributed by atoms with van der Waals surface area (Å²) in [5, 5.41) is 16.1. The van der Waals surface area contributed by atoms with E-state index in [0.29, 0.717) is 11.9 Å². The Bertz CT molecular complexity index is 402. The Hall–Kier alpha value is -0.880. The molecule has 100 valence electrons. The second kappa shape index (κ2) is 6.33. The molecule has 5 nitrogen and oxygen atoms in total. The van der Waals surface area contributed by atoms with Crippen molar-refractivity contribution in [2.24, 2.45) is 5.92 Å². The van der Waals surface area contributed by atoms with E-state index in [0.717, 1.165) is 42.6 Å².